The van der Waals surface area contributed by atoms with Crippen LogP contribution >= 0.6 is 0 Å². The summed E-state index contributed by atoms with van der Waals surface area (Å²) in [5.41, 5.74) is 7.69. The minimum Gasteiger partial charge on any atom is -0.497 e. The second-order valence-corrected chi connectivity index (χ2v) is 5.75. The van der Waals surface area contributed by atoms with Crippen LogP contribution in [0.5, 0.6) is 5.75 Å². The highest BCUT2D eigenvalue weighted by Gasteiger charge is 2.36. The Morgan fingerprint density at radius 1 is 1.25 bits per heavy atom. The zero-order valence-corrected chi connectivity index (χ0v) is 12.0. The van der Waals surface area contributed by atoms with Crippen molar-refractivity contribution in [3.8, 4) is 5.75 Å². The number of nitrogens with zero attached hydrogens (tertiary/aromatic N) is 1. The average molecular weight is 274 g/mol. The van der Waals surface area contributed by atoms with Crippen molar-refractivity contribution in [2.75, 3.05) is 13.7 Å². The number of benzene rings is 1. The third-order valence-corrected chi connectivity index (χ3v) is 4.50. The molecule has 1 heterocycles. The van der Waals surface area contributed by atoms with Crippen molar-refractivity contribution in [1.82, 2.24) is 4.98 Å². The molecule has 0 spiro atoms. The molecule has 0 atom stereocenters. The number of nitrogens with two attached hydrogens (primary N) is 1. The molecular formula is C16H22N2O2. The lowest BCUT2D eigenvalue weighted by Crippen LogP contribution is -2.35. The number of rotatable bonds is 3. The number of hydrogen-bond acceptors (Lipinski definition) is 4. The van der Waals surface area contributed by atoms with Gasteiger partial charge in [0.1, 0.15) is 11.3 Å². The number of oxazole rings is 1. The molecule has 0 unspecified atom stereocenters. The predicted octanol–water partition coefficient (Wildman–Crippen LogP) is 3.39. The molecule has 0 radical (unpaired) electrons. The summed E-state index contributed by atoms with van der Waals surface area (Å²) < 4.78 is 11.3. The van der Waals surface area contributed by atoms with Crippen LogP contribution in [0.4, 0.5) is 0 Å². The van der Waals surface area contributed by atoms with Crippen LogP contribution in [0.2, 0.25) is 0 Å². The van der Waals surface area contributed by atoms with E-state index in [2.05, 4.69) is 0 Å². The van der Waals surface area contributed by atoms with Gasteiger partial charge in [-0.3, -0.25) is 0 Å². The first kappa shape index (κ1) is 13.4. The molecule has 108 valence electrons. The topological polar surface area (TPSA) is 61.3 Å². The van der Waals surface area contributed by atoms with E-state index in [-0.39, 0.29) is 5.41 Å². The minimum absolute atomic E-state index is 0.0806. The van der Waals surface area contributed by atoms with Gasteiger partial charge in [-0.2, -0.15) is 0 Å². The van der Waals surface area contributed by atoms with E-state index in [9.17, 15) is 0 Å². The van der Waals surface area contributed by atoms with E-state index in [0.29, 0.717) is 6.54 Å². The van der Waals surface area contributed by atoms with Gasteiger partial charge in [0.25, 0.3) is 0 Å². The average Bonchev–Trinajstić information content (AvgIpc) is 2.76. The van der Waals surface area contributed by atoms with Crippen LogP contribution in [0.3, 0.4) is 0 Å². The highest BCUT2D eigenvalue weighted by Crippen LogP contribution is 2.38. The standard InChI is InChI=1S/C16H22N2O2/c1-19-12-6-7-13-14(10-12)20-15(18-13)16(11-17)8-4-2-3-5-9-16/h6-7,10H,2-5,8-9,11,17H2,1H3. The van der Waals surface area contributed by atoms with Crippen molar-refractivity contribution in [3.05, 3.63) is 24.1 Å². The van der Waals surface area contributed by atoms with Gasteiger partial charge in [-0.05, 0) is 25.0 Å². The second kappa shape index (κ2) is 5.44. The van der Waals surface area contributed by atoms with Gasteiger partial charge in [-0.15, -0.1) is 0 Å². The van der Waals surface area contributed by atoms with Gasteiger partial charge in [0.2, 0.25) is 5.89 Å². The molecule has 0 aliphatic heterocycles. The van der Waals surface area contributed by atoms with Gasteiger partial charge < -0.3 is 14.9 Å². The quantitative estimate of drug-likeness (QED) is 0.871. The van der Waals surface area contributed by atoms with Crippen molar-refractivity contribution in [3.63, 3.8) is 0 Å². The van der Waals surface area contributed by atoms with Crippen molar-refractivity contribution in [2.24, 2.45) is 5.73 Å². The van der Waals surface area contributed by atoms with Crippen LogP contribution in [-0.4, -0.2) is 18.6 Å². The lowest BCUT2D eigenvalue weighted by Gasteiger charge is -2.27. The fourth-order valence-electron chi connectivity index (χ4n) is 3.17. The molecule has 3 rings (SSSR count). The summed E-state index contributed by atoms with van der Waals surface area (Å²) in [6.45, 7) is 0.608. The smallest absolute Gasteiger partial charge is 0.202 e. The van der Waals surface area contributed by atoms with Crippen LogP contribution in [0.15, 0.2) is 22.6 Å². The summed E-state index contributed by atoms with van der Waals surface area (Å²) in [6, 6.07) is 5.76. The van der Waals surface area contributed by atoms with Crippen LogP contribution in [0.25, 0.3) is 11.1 Å². The maximum absolute atomic E-state index is 6.09. The molecule has 2 N–H and O–H groups in total. The zero-order chi connectivity index (χ0) is 14.0. The number of hydrogen-bond donors (Lipinski definition) is 1. The molecule has 1 aromatic heterocycles. The third-order valence-electron chi connectivity index (χ3n) is 4.50. The lowest BCUT2D eigenvalue weighted by molar-refractivity contribution is 0.300. The molecule has 4 nitrogen and oxygen atoms in total. The Labute approximate surface area is 119 Å². The molecule has 1 fully saturated rings. The lowest BCUT2D eigenvalue weighted by atomic mass is 9.80. The van der Waals surface area contributed by atoms with Gasteiger partial charge in [-0.25, -0.2) is 4.98 Å². The van der Waals surface area contributed by atoms with E-state index in [0.717, 1.165) is 35.6 Å². The Morgan fingerprint density at radius 2 is 2.00 bits per heavy atom. The molecule has 20 heavy (non-hydrogen) atoms. The van der Waals surface area contributed by atoms with Crippen LogP contribution < -0.4 is 10.5 Å². The number of ether oxygens (including phenoxy) is 1. The Balaban J connectivity index is 2.02. The molecule has 1 aliphatic carbocycles. The van der Waals surface area contributed by atoms with Crippen molar-refractivity contribution < 1.29 is 9.15 Å². The molecule has 0 amide bonds. The molecule has 1 aromatic carbocycles. The van der Waals surface area contributed by atoms with Crippen molar-refractivity contribution in [2.45, 2.75) is 43.9 Å². The Bertz CT molecular complexity index is 583. The largest absolute Gasteiger partial charge is 0.497 e. The predicted molar refractivity (Wildman–Crippen MR) is 79.0 cm³/mol. The molecule has 0 saturated heterocycles. The summed E-state index contributed by atoms with van der Waals surface area (Å²) >= 11 is 0. The Hall–Kier alpha value is -1.55. The first-order chi connectivity index (χ1) is 9.77. The third kappa shape index (κ3) is 2.29. The first-order valence-electron chi connectivity index (χ1n) is 7.42. The summed E-state index contributed by atoms with van der Waals surface area (Å²) in [5, 5.41) is 0. The molecular weight excluding hydrogens is 252 g/mol. The van der Waals surface area contributed by atoms with Gasteiger partial charge in [-0.1, -0.05) is 25.7 Å². The second-order valence-electron chi connectivity index (χ2n) is 5.75. The van der Waals surface area contributed by atoms with E-state index in [1.807, 2.05) is 18.2 Å². The fraction of sp³-hybridized carbons (Fsp3) is 0.562. The first-order valence-corrected chi connectivity index (χ1v) is 7.42. The fourth-order valence-corrected chi connectivity index (χ4v) is 3.17. The number of methoxy groups -OCH3 is 1. The van der Waals surface area contributed by atoms with E-state index in [1.54, 1.807) is 7.11 Å². The van der Waals surface area contributed by atoms with Crippen LogP contribution in [-0.2, 0) is 5.41 Å². The molecule has 0 bridgehead atoms. The van der Waals surface area contributed by atoms with Gasteiger partial charge in [0, 0.05) is 12.6 Å². The zero-order valence-electron chi connectivity index (χ0n) is 12.0. The van der Waals surface area contributed by atoms with Gasteiger partial charge in [0.15, 0.2) is 5.58 Å². The normalized spacial score (nSPS) is 18.9. The monoisotopic (exact) mass is 274 g/mol. The number of fused-ring (bicyclic) bond motifs is 1. The summed E-state index contributed by atoms with van der Waals surface area (Å²) in [4.78, 5) is 4.69. The molecule has 2 aromatic rings. The summed E-state index contributed by atoms with van der Waals surface area (Å²) in [5.74, 6) is 1.60. The SMILES string of the molecule is COc1ccc2nc(C3(CN)CCCCCC3)oc2c1. The number of aromatic nitrogens is 1. The van der Waals surface area contributed by atoms with Crippen LogP contribution in [0.1, 0.15) is 44.4 Å². The van der Waals surface area contributed by atoms with Crippen LogP contribution in [0, 0.1) is 0 Å². The van der Waals surface area contributed by atoms with E-state index < -0.39 is 0 Å². The molecule has 1 aliphatic rings. The summed E-state index contributed by atoms with van der Waals surface area (Å²) in [7, 11) is 1.66. The van der Waals surface area contributed by atoms with Crippen molar-refractivity contribution in [1.29, 1.82) is 0 Å². The maximum Gasteiger partial charge on any atom is 0.202 e. The van der Waals surface area contributed by atoms with E-state index >= 15 is 0 Å². The van der Waals surface area contributed by atoms with Gasteiger partial charge >= 0.3 is 0 Å². The summed E-state index contributed by atoms with van der Waals surface area (Å²) in [6.07, 6.45) is 7.14. The van der Waals surface area contributed by atoms with E-state index in [1.165, 1.54) is 25.7 Å². The van der Waals surface area contributed by atoms with E-state index in [4.69, 9.17) is 19.9 Å². The van der Waals surface area contributed by atoms with Gasteiger partial charge in [0.05, 0.1) is 12.5 Å². The van der Waals surface area contributed by atoms with Crippen molar-refractivity contribution >= 4 is 11.1 Å². The maximum atomic E-state index is 6.09. The highest BCUT2D eigenvalue weighted by molar-refractivity contribution is 5.74. The minimum atomic E-state index is -0.0806. The molecule has 4 heteroatoms. The molecule has 1 saturated carbocycles. The highest BCUT2D eigenvalue weighted by atomic mass is 16.5. The Morgan fingerprint density at radius 3 is 2.65 bits per heavy atom. The Kier molecular flexibility index (Phi) is 3.66.